The summed E-state index contributed by atoms with van der Waals surface area (Å²) in [5.41, 5.74) is -1.27. The van der Waals surface area contributed by atoms with Gasteiger partial charge in [-0.2, -0.15) is 0 Å². The number of esters is 4. The van der Waals surface area contributed by atoms with Crippen LogP contribution in [0.25, 0.3) is 0 Å². The van der Waals surface area contributed by atoms with Crippen LogP contribution in [-0.2, 0) is 38.1 Å². The van der Waals surface area contributed by atoms with E-state index in [0.29, 0.717) is 5.70 Å². The fourth-order valence-electron chi connectivity index (χ4n) is 3.82. The molecule has 0 aliphatic carbocycles. The summed E-state index contributed by atoms with van der Waals surface area (Å²) in [6.07, 6.45) is 3.45. The molecule has 2 aliphatic rings. The predicted molar refractivity (Wildman–Crippen MR) is 99.9 cm³/mol. The van der Waals surface area contributed by atoms with Gasteiger partial charge < -0.3 is 23.8 Å². The van der Waals surface area contributed by atoms with Crippen molar-refractivity contribution in [2.45, 2.75) is 26.3 Å². The second-order valence-electron chi connectivity index (χ2n) is 6.60. The molecule has 0 radical (unpaired) electrons. The number of allylic oxidation sites excluding steroid dienone is 3. The summed E-state index contributed by atoms with van der Waals surface area (Å²) in [4.78, 5) is 52.5. The number of nitrogens with zero attached hydrogens (tertiary/aromatic N) is 1. The van der Waals surface area contributed by atoms with Gasteiger partial charge in [0.2, 0.25) is 0 Å². The topological polar surface area (TPSA) is 108 Å². The van der Waals surface area contributed by atoms with Crippen molar-refractivity contribution in [3.05, 3.63) is 45.8 Å². The van der Waals surface area contributed by atoms with E-state index in [0.717, 1.165) is 34.0 Å². The summed E-state index contributed by atoms with van der Waals surface area (Å²) >= 11 is 0. The number of hydrogen-bond donors (Lipinski definition) is 0. The number of methoxy groups -OCH3 is 4. The van der Waals surface area contributed by atoms with Crippen LogP contribution in [0.15, 0.2) is 45.8 Å². The number of fused-ring (bicyclic) bond motifs is 1. The highest BCUT2D eigenvalue weighted by Gasteiger charge is 2.53. The molecule has 2 rings (SSSR count). The van der Waals surface area contributed by atoms with Crippen molar-refractivity contribution in [2.24, 2.45) is 0 Å². The molecule has 156 valence electrons. The van der Waals surface area contributed by atoms with Crippen molar-refractivity contribution in [3.8, 4) is 0 Å². The van der Waals surface area contributed by atoms with Gasteiger partial charge in [-0.1, -0.05) is 11.6 Å². The largest absolute Gasteiger partial charge is 0.466 e. The highest BCUT2D eigenvalue weighted by molar-refractivity contribution is 6.17. The maximum absolute atomic E-state index is 12.8. The van der Waals surface area contributed by atoms with Crippen LogP contribution in [-0.4, -0.2) is 62.8 Å². The average Bonchev–Trinajstić information content (AvgIpc) is 2.68. The molecule has 9 heteroatoms. The quantitative estimate of drug-likeness (QED) is 0.503. The maximum Gasteiger partial charge on any atom is 0.355 e. The molecule has 0 bridgehead atoms. The Kier molecular flexibility index (Phi) is 6.01. The van der Waals surface area contributed by atoms with Crippen molar-refractivity contribution in [1.29, 1.82) is 0 Å². The van der Waals surface area contributed by atoms with Crippen LogP contribution in [0, 0.1) is 0 Å². The summed E-state index contributed by atoms with van der Waals surface area (Å²) in [6, 6.07) is 0. The Bertz CT molecular complexity index is 921. The van der Waals surface area contributed by atoms with Gasteiger partial charge >= 0.3 is 23.9 Å². The van der Waals surface area contributed by atoms with Crippen molar-refractivity contribution in [3.63, 3.8) is 0 Å². The number of hydrogen-bond acceptors (Lipinski definition) is 9. The van der Waals surface area contributed by atoms with E-state index in [9.17, 15) is 19.2 Å². The molecule has 2 heterocycles. The van der Waals surface area contributed by atoms with E-state index < -0.39 is 40.6 Å². The monoisotopic (exact) mass is 405 g/mol. The summed E-state index contributed by atoms with van der Waals surface area (Å²) < 4.78 is 19.4. The minimum atomic E-state index is -1.33. The van der Waals surface area contributed by atoms with Crippen molar-refractivity contribution in [1.82, 2.24) is 4.90 Å². The fraction of sp³-hybridized carbons (Fsp3) is 0.400. The Balaban J connectivity index is 3.14. The molecule has 2 aliphatic heterocycles. The standard InChI is InChI=1S/C20H23NO8/c1-10-8-11(2)21-15(19(25)29-7)13(17(23)27-5)12(16(22)26-4)14(18(24)28-6)20(21,3)9-10/h8-9H,1-7H3. The zero-order valence-electron chi connectivity index (χ0n) is 17.4. The number of rotatable bonds is 4. The van der Waals surface area contributed by atoms with E-state index in [1.807, 2.05) is 0 Å². The lowest BCUT2D eigenvalue weighted by molar-refractivity contribution is -0.144. The van der Waals surface area contributed by atoms with Crippen LogP contribution in [0.4, 0.5) is 0 Å². The average molecular weight is 405 g/mol. The Hall–Kier alpha value is -3.36. The van der Waals surface area contributed by atoms with Crippen molar-refractivity contribution in [2.75, 3.05) is 28.4 Å². The smallest absolute Gasteiger partial charge is 0.355 e. The highest BCUT2D eigenvalue weighted by atomic mass is 16.5. The van der Waals surface area contributed by atoms with Gasteiger partial charge in [0.05, 0.1) is 45.1 Å². The molecule has 0 aromatic rings. The Morgan fingerprint density at radius 3 is 1.76 bits per heavy atom. The third kappa shape index (κ3) is 3.32. The van der Waals surface area contributed by atoms with E-state index in [4.69, 9.17) is 18.9 Å². The first-order valence-electron chi connectivity index (χ1n) is 8.59. The first-order chi connectivity index (χ1) is 13.6. The molecule has 9 nitrogen and oxygen atoms in total. The van der Waals surface area contributed by atoms with E-state index in [1.165, 1.54) is 4.90 Å². The minimum absolute atomic E-state index is 0.160. The lowest BCUT2D eigenvalue weighted by Crippen LogP contribution is -2.54. The zero-order chi connectivity index (χ0) is 22.1. The number of carbonyl (C=O) groups excluding carboxylic acids is 4. The third-order valence-electron chi connectivity index (χ3n) is 4.78. The molecule has 0 saturated heterocycles. The van der Waals surface area contributed by atoms with E-state index in [1.54, 1.807) is 32.9 Å². The lowest BCUT2D eigenvalue weighted by atomic mass is 9.76. The first-order valence-corrected chi connectivity index (χ1v) is 8.59. The molecular weight excluding hydrogens is 382 g/mol. The van der Waals surface area contributed by atoms with Gasteiger partial charge in [0, 0.05) is 5.70 Å². The molecule has 29 heavy (non-hydrogen) atoms. The van der Waals surface area contributed by atoms with Crippen molar-refractivity contribution < 1.29 is 38.1 Å². The predicted octanol–water partition coefficient (Wildman–Crippen LogP) is 1.17. The summed E-state index contributed by atoms with van der Waals surface area (Å²) in [5, 5.41) is 0. The molecule has 0 fully saturated rings. The van der Waals surface area contributed by atoms with E-state index in [-0.39, 0.29) is 11.3 Å². The Labute approximate surface area is 168 Å². The highest BCUT2D eigenvalue weighted by Crippen LogP contribution is 2.46. The molecule has 1 atom stereocenters. The van der Waals surface area contributed by atoms with E-state index >= 15 is 0 Å². The van der Waals surface area contributed by atoms with Gasteiger partial charge in [-0.15, -0.1) is 0 Å². The summed E-state index contributed by atoms with van der Waals surface area (Å²) in [7, 11) is 4.48. The number of carbonyl (C=O) groups is 4. The molecule has 0 aromatic carbocycles. The van der Waals surface area contributed by atoms with Crippen LogP contribution in [0.5, 0.6) is 0 Å². The second kappa shape index (κ2) is 7.94. The zero-order valence-corrected chi connectivity index (χ0v) is 17.4. The molecule has 1 unspecified atom stereocenters. The van der Waals surface area contributed by atoms with Crippen LogP contribution >= 0.6 is 0 Å². The third-order valence-corrected chi connectivity index (χ3v) is 4.78. The van der Waals surface area contributed by atoms with Gasteiger partial charge in [-0.25, -0.2) is 19.2 Å². The van der Waals surface area contributed by atoms with Gasteiger partial charge in [0.1, 0.15) is 11.3 Å². The van der Waals surface area contributed by atoms with Gasteiger partial charge in [-0.05, 0) is 26.8 Å². The van der Waals surface area contributed by atoms with Gasteiger partial charge in [0.25, 0.3) is 0 Å². The second-order valence-corrected chi connectivity index (χ2v) is 6.60. The molecule has 0 N–H and O–H groups in total. The van der Waals surface area contributed by atoms with Crippen LogP contribution in [0.2, 0.25) is 0 Å². The summed E-state index contributed by atoms with van der Waals surface area (Å²) in [5.74, 6) is -3.75. The Morgan fingerprint density at radius 1 is 0.793 bits per heavy atom. The minimum Gasteiger partial charge on any atom is -0.466 e. The Morgan fingerprint density at radius 2 is 1.28 bits per heavy atom. The van der Waals surface area contributed by atoms with Crippen LogP contribution < -0.4 is 0 Å². The van der Waals surface area contributed by atoms with Crippen molar-refractivity contribution >= 4 is 23.9 Å². The number of ether oxygens (including phenoxy) is 4. The molecule has 0 saturated carbocycles. The van der Waals surface area contributed by atoms with Crippen LogP contribution in [0.3, 0.4) is 0 Å². The lowest BCUT2D eigenvalue weighted by Gasteiger charge is -2.48. The fourth-order valence-corrected chi connectivity index (χ4v) is 3.82. The van der Waals surface area contributed by atoms with Gasteiger partial charge in [-0.3, -0.25) is 0 Å². The molecular formula is C20H23NO8. The molecule has 0 spiro atoms. The maximum atomic E-state index is 12.8. The molecule has 0 amide bonds. The molecule has 0 aromatic heterocycles. The van der Waals surface area contributed by atoms with Gasteiger partial charge in [0.15, 0.2) is 0 Å². The van der Waals surface area contributed by atoms with E-state index in [2.05, 4.69) is 0 Å². The normalized spacial score (nSPS) is 21.0. The first kappa shape index (κ1) is 21.9. The SMILES string of the molecule is COC(=O)C1=C(C(=O)OC)N2C(C)=CC(C)=CC2(C)C(C(=O)OC)=C1C(=O)OC. The van der Waals surface area contributed by atoms with Crippen LogP contribution in [0.1, 0.15) is 20.8 Å². The summed E-state index contributed by atoms with van der Waals surface area (Å²) in [6.45, 7) is 5.12.